The van der Waals surface area contributed by atoms with Gasteiger partial charge in [0.2, 0.25) is 15.9 Å². The van der Waals surface area contributed by atoms with Crippen LogP contribution in [-0.2, 0) is 14.8 Å². The van der Waals surface area contributed by atoms with E-state index in [1.807, 2.05) is 13.8 Å². The van der Waals surface area contributed by atoms with Crippen molar-refractivity contribution in [2.75, 3.05) is 5.32 Å². The van der Waals surface area contributed by atoms with Crippen molar-refractivity contribution in [2.24, 2.45) is 11.7 Å². The van der Waals surface area contributed by atoms with E-state index in [0.29, 0.717) is 11.3 Å². The first-order valence-electron chi connectivity index (χ1n) is 7.54. The minimum atomic E-state index is -3.68. The minimum Gasteiger partial charge on any atom is -0.325 e. The molecule has 0 bridgehead atoms. The van der Waals surface area contributed by atoms with Crippen molar-refractivity contribution in [3.63, 3.8) is 0 Å². The van der Waals surface area contributed by atoms with Gasteiger partial charge in [-0.1, -0.05) is 19.9 Å². The summed E-state index contributed by atoms with van der Waals surface area (Å²) in [5.74, 6) is -0.345. The van der Waals surface area contributed by atoms with Crippen LogP contribution in [0.1, 0.15) is 40.2 Å². The van der Waals surface area contributed by atoms with Crippen LogP contribution >= 0.6 is 0 Å². The van der Waals surface area contributed by atoms with E-state index in [1.54, 1.807) is 39.8 Å². The number of benzene rings is 1. The molecule has 1 aromatic rings. The van der Waals surface area contributed by atoms with Crippen molar-refractivity contribution in [3.8, 4) is 0 Å². The summed E-state index contributed by atoms with van der Waals surface area (Å²) in [6, 6.07) is 4.13. The third-order valence-electron chi connectivity index (χ3n) is 3.21. The molecule has 4 N–H and O–H groups in total. The molecule has 130 valence electrons. The highest BCUT2D eigenvalue weighted by molar-refractivity contribution is 7.89. The van der Waals surface area contributed by atoms with Crippen molar-refractivity contribution in [2.45, 2.75) is 58.0 Å². The Morgan fingerprint density at radius 1 is 1.22 bits per heavy atom. The molecule has 0 heterocycles. The topological polar surface area (TPSA) is 101 Å². The van der Waals surface area contributed by atoms with Crippen LogP contribution in [0.4, 0.5) is 5.69 Å². The molecule has 1 atom stereocenters. The van der Waals surface area contributed by atoms with Gasteiger partial charge in [0.25, 0.3) is 0 Å². The van der Waals surface area contributed by atoms with Crippen LogP contribution in [0.3, 0.4) is 0 Å². The van der Waals surface area contributed by atoms with Crippen LogP contribution in [-0.4, -0.2) is 25.9 Å². The first kappa shape index (κ1) is 19.6. The second-order valence-corrected chi connectivity index (χ2v) is 8.75. The van der Waals surface area contributed by atoms with Crippen LogP contribution in [0.15, 0.2) is 23.1 Å². The van der Waals surface area contributed by atoms with Gasteiger partial charge in [0.15, 0.2) is 0 Å². The standard InChI is InChI=1S/C16H27N3O3S/c1-10(2)14(17)15(20)18-12-8-7-11(3)13(9-12)23(21,22)19-16(4,5)6/h7-10,14,19H,17H2,1-6H3,(H,18,20)/t14-/m0/s1. The second kappa shape index (κ2) is 6.98. The molecular formula is C16H27N3O3S. The van der Waals surface area contributed by atoms with Gasteiger partial charge in [-0.05, 0) is 51.3 Å². The summed E-state index contributed by atoms with van der Waals surface area (Å²) in [6.45, 7) is 10.7. The number of sulfonamides is 1. The highest BCUT2D eigenvalue weighted by Gasteiger charge is 2.24. The lowest BCUT2D eigenvalue weighted by molar-refractivity contribution is -0.118. The maximum atomic E-state index is 12.5. The van der Waals surface area contributed by atoms with Crippen molar-refractivity contribution in [3.05, 3.63) is 23.8 Å². The minimum absolute atomic E-state index is 0.00814. The smallest absolute Gasteiger partial charge is 0.241 e. The molecule has 0 radical (unpaired) electrons. The average Bonchev–Trinajstić information content (AvgIpc) is 2.36. The van der Waals surface area contributed by atoms with Gasteiger partial charge >= 0.3 is 0 Å². The van der Waals surface area contributed by atoms with E-state index in [4.69, 9.17) is 5.73 Å². The molecule has 0 saturated carbocycles. The Hall–Kier alpha value is -1.44. The third-order valence-corrected chi connectivity index (χ3v) is 5.11. The van der Waals surface area contributed by atoms with Crippen LogP contribution in [0.25, 0.3) is 0 Å². The zero-order chi connectivity index (χ0) is 18.0. The Balaban J connectivity index is 3.12. The van der Waals surface area contributed by atoms with Crippen LogP contribution in [0.2, 0.25) is 0 Å². The van der Waals surface area contributed by atoms with Crippen LogP contribution in [0, 0.1) is 12.8 Å². The van der Waals surface area contributed by atoms with E-state index in [-0.39, 0.29) is 16.7 Å². The van der Waals surface area contributed by atoms with Crippen molar-refractivity contribution < 1.29 is 13.2 Å². The molecule has 0 fully saturated rings. The predicted octanol–water partition coefficient (Wildman–Crippen LogP) is 1.99. The molecule has 0 spiro atoms. The van der Waals surface area contributed by atoms with Gasteiger partial charge in [0.05, 0.1) is 10.9 Å². The molecule has 0 aliphatic carbocycles. The lowest BCUT2D eigenvalue weighted by atomic mass is 10.0. The largest absolute Gasteiger partial charge is 0.325 e. The quantitative estimate of drug-likeness (QED) is 0.762. The van der Waals surface area contributed by atoms with Crippen molar-refractivity contribution >= 4 is 21.6 Å². The van der Waals surface area contributed by atoms with E-state index < -0.39 is 21.6 Å². The molecule has 1 rings (SSSR count). The Morgan fingerprint density at radius 3 is 2.26 bits per heavy atom. The van der Waals surface area contributed by atoms with E-state index in [0.717, 1.165) is 0 Å². The van der Waals surface area contributed by atoms with Crippen molar-refractivity contribution in [1.82, 2.24) is 4.72 Å². The highest BCUT2D eigenvalue weighted by atomic mass is 32.2. The van der Waals surface area contributed by atoms with E-state index >= 15 is 0 Å². The van der Waals surface area contributed by atoms with Crippen LogP contribution < -0.4 is 15.8 Å². The summed E-state index contributed by atoms with van der Waals surface area (Å²) >= 11 is 0. The molecule has 6 nitrogen and oxygen atoms in total. The summed E-state index contributed by atoms with van der Waals surface area (Å²) in [7, 11) is -3.68. The first-order chi connectivity index (χ1) is 10.3. The summed E-state index contributed by atoms with van der Waals surface area (Å²) in [5, 5.41) is 2.67. The molecule has 0 saturated heterocycles. The first-order valence-corrected chi connectivity index (χ1v) is 9.03. The van der Waals surface area contributed by atoms with E-state index in [9.17, 15) is 13.2 Å². The second-order valence-electron chi connectivity index (χ2n) is 7.09. The van der Waals surface area contributed by atoms with Gasteiger partial charge in [-0.25, -0.2) is 13.1 Å². The third kappa shape index (κ3) is 5.60. The number of nitrogens with one attached hydrogen (secondary N) is 2. The predicted molar refractivity (Wildman–Crippen MR) is 92.7 cm³/mol. The van der Waals surface area contributed by atoms with E-state index in [1.165, 1.54) is 6.07 Å². The van der Waals surface area contributed by atoms with Gasteiger partial charge in [-0.3, -0.25) is 4.79 Å². The summed E-state index contributed by atoms with van der Waals surface area (Å²) in [5.41, 5.74) is 6.22. The fourth-order valence-electron chi connectivity index (χ4n) is 1.95. The van der Waals surface area contributed by atoms with Crippen molar-refractivity contribution in [1.29, 1.82) is 0 Å². The Labute approximate surface area is 138 Å². The molecule has 23 heavy (non-hydrogen) atoms. The molecule has 0 aliphatic heterocycles. The monoisotopic (exact) mass is 341 g/mol. The number of hydrogen-bond acceptors (Lipinski definition) is 4. The number of anilines is 1. The van der Waals surface area contributed by atoms with Gasteiger partial charge in [0.1, 0.15) is 0 Å². The van der Waals surface area contributed by atoms with Gasteiger partial charge in [-0.15, -0.1) is 0 Å². The molecule has 0 aromatic heterocycles. The number of aryl methyl sites for hydroxylation is 1. The molecular weight excluding hydrogens is 314 g/mol. The van der Waals surface area contributed by atoms with Gasteiger partial charge in [-0.2, -0.15) is 0 Å². The molecule has 1 amide bonds. The normalized spacial score (nSPS) is 13.9. The summed E-state index contributed by atoms with van der Waals surface area (Å²) < 4.78 is 27.6. The zero-order valence-electron chi connectivity index (χ0n) is 14.6. The zero-order valence-corrected chi connectivity index (χ0v) is 15.4. The molecule has 0 aliphatic rings. The molecule has 1 aromatic carbocycles. The molecule has 0 unspecified atom stereocenters. The number of amides is 1. The highest BCUT2D eigenvalue weighted by Crippen LogP contribution is 2.22. The average molecular weight is 341 g/mol. The lowest BCUT2D eigenvalue weighted by Crippen LogP contribution is -2.41. The van der Waals surface area contributed by atoms with Gasteiger partial charge < -0.3 is 11.1 Å². The number of rotatable bonds is 5. The lowest BCUT2D eigenvalue weighted by Gasteiger charge is -2.22. The van der Waals surface area contributed by atoms with E-state index in [2.05, 4.69) is 10.0 Å². The maximum Gasteiger partial charge on any atom is 0.241 e. The Kier molecular flexibility index (Phi) is 5.95. The number of nitrogens with two attached hydrogens (primary N) is 1. The van der Waals surface area contributed by atoms with Crippen LogP contribution in [0.5, 0.6) is 0 Å². The maximum absolute atomic E-state index is 12.5. The SMILES string of the molecule is Cc1ccc(NC(=O)[C@@H](N)C(C)C)cc1S(=O)(=O)NC(C)(C)C. The Bertz CT molecular complexity index is 676. The fraction of sp³-hybridized carbons (Fsp3) is 0.562. The molecule has 7 heteroatoms. The number of carbonyl (C=O) groups is 1. The van der Waals surface area contributed by atoms with Gasteiger partial charge in [0, 0.05) is 11.2 Å². The Morgan fingerprint density at radius 2 is 1.78 bits per heavy atom. The summed E-state index contributed by atoms with van der Waals surface area (Å²) in [6.07, 6.45) is 0. The number of carbonyl (C=O) groups excluding carboxylic acids is 1. The number of hydrogen-bond donors (Lipinski definition) is 3. The fourth-order valence-corrected chi connectivity index (χ4v) is 3.64. The summed E-state index contributed by atoms with van der Waals surface area (Å²) in [4.78, 5) is 12.2.